The molecule has 0 amide bonds. The molecule has 0 aliphatic carbocycles. The zero-order chi connectivity index (χ0) is 7.11. The molecule has 0 bridgehead atoms. The van der Waals surface area contributed by atoms with Crippen molar-refractivity contribution in [1.29, 1.82) is 0 Å². The van der Waals surface area contributed by atoms with Gasteiger partial charge in [0.25, 0.3) is 0 Å². The van der Waals surface area contributed by atoms with E-state index in [0.717, 1.165) is 0 Å². The number of rotatable bonds is 3. The van der Waals surface area contributed by atoms with Gasteiger partial charge in [-0.3, -0.25) is 4.99 Å². The van der Waals surface area contributed by atoms with Crippen LogP contribution in [0.25, 0.3) is 0 Å². The van der Waals surface area contributed by atoms with Crippen LogP contribution in [0.3, 0.4) is 0 Å². The van der Waals surface area contributed by atoms with Crippen LogP contribution in [0.1, 0.15) is 0 Å². The maximum atomic E-state index is 5.32. The Kier molecular flexibility index (Phi) is 4.22. The van der Waals surface area contributed by atoms with E-state index in [9.17, 15) is 0 Å². The topological polar surface area (TPSA) is 50.4 Å². The van der Waals surface area contributed by atoms with Crippen molar-refractivity contribution >= 4 is 6.21 Å². The first-order valence-corrected chi connectivity index (χ1v) is 2.59. The van der Waals surface area contributed by atoms with Gasteiger partial charge in [-0.25, -0.2) is 0 Å². The van der Waals surface area contributed by atoms with E-state index in [1.165, 1.54) is 6.20 Å². The van der Waals surface area contributed by atoms with Gasteiger partial charge in [0, 0.05) is 13.3 Å². The molecule has 9 heavy (non-hydrogen) atoms. The van der Waals surface area contributed by atoms with Gasteiger partial charge in [-0.15, -0.1) is 0 Å². The largest absolute Gasteiger partial charge is 0.384 e. The fraction of sp³-hybridized carbons (Fsp3) is 0.167. The van der Waals surface area contributed by atoms with E-state index in [0.29, 0.717) is 5.82 Å². The fourth-order valence-corrected chi connectivity index (χ4v) is 0.249. The van der Waals surface area contributed by atoms with E-state index < -0.39 is 0 Å². The molecule has 0 aliphatic rings. The van der Waals surface area contributed by atoms with Crippen LogP contribution < -0.4 is 11.1 Å². The molecule has 0 spiro atoms. The smallest absolute Gasteiger partial charge is 0.115 e. The van der Waals surface area contributed by atoms with Crippen molar-refractivity contribution < 1.29 is 0 Å². The summed E-state index contributed by atoms with van der Waals surface area (Å²) in [4.78, 5) is 3.77. The third kappa shape index (κ3) is 4.61. The Balaban J connectivity index is 3.67. The summed E-state index contributed by atoms with van der Waals surface area (Å²) in [7, 11) is 1.73. The van der Waals surface area contributed by atoms with E-state index in [1.807, 2.05) is 0 Å². The molecule has 0 rings (SSSR count). The fourth-order valence-electron chi connectivity index (χ4n) is 0.249. The highest BCUT2D eigenvalue weighted by Crippen LogP contribution is 1.74. The highest BCUT2D eigenvalue weighted by Gasteiger charge is 1.74. The van der Waals surface area contributed by atoms with Crippen LogP contribution in [-0.4, -0.2) is 13.3 Å². The summed E-state index contributed by atoms with van der Waals surface area (Å²) in [6, 6.07) is 0. The number of nitrogens with one attached hydrogen (secondary N) is 1. The number of allylic oxidation sites excluding steroid dienone is 1. The molecule has 0 heterocycles. The summed E-state index contributed by atoms with van der Waals surface area (Å²) in [6.07, 6.45) is 4.66. The molecule has 0 aromatic heterocycles. The van der Waals surface area contributed by atoms with Gasteiger partial charge < -0.3 is 11.1 Å². The number of nitrogens with zero attached hydrogens (tertiary/aromatic N) is 1. The quantitative estimate of drug-likeness (QED) is 0.530. The zero-order valence-corrected chi connectivity index (χ0v) is 5.46. The van der Waals surface area contributed by atoms with Crippen LogP contribution in [0.15, 0.2) is 29.7 Å². The second-order valence-electron chi connectivity index (χ2n) is 1.37. The summed E-state index contributed by atoms with van der Waals surface area (Å²) >= 11 is 0. The number of nitrogens with two attached hydrogens (primary N) is 1. The molecule has 0 atom stereocenters. The summed E-state index contributed by atoms with van der Waals surface area (Å²) in [5, 5.41) is 2.71. The molecule has 3 heteroatoms. The molecule has 0 unspecified atom stereocenters. The lowest BCUT2D eigenvalue weighted by Gasteiger charge is -1.92. The normalized spacial score (nSPS) is 11.9. The van der Waals surface area contributed by atoms with Gasteiger partial charge in [0.15, 0.2) is 0 Å². The van der Waals surface area contributed by atoms with Crippen LogP contribution in [-0.2, 0) is 0 Å². The Hall–Kier alpha value is -1.25. The Morgan fingerprint density at radius 3 is 2.89 bits per heavy atom. The van der Waals surface area contributed by atoms with Crippen molar-refractivity contribution in [1.82, 2.24) is 5.32 Å². The van der Waals surface area contributed by atoms with Gasteiger partial charge >= 0.3 is 0 Å². The third-order valence-electron chi connectivity index (χ3n) is 0.694. The molecule has 3 nitrogen and oxygen atoms in total. The second kappa shape index (κ2) is 4.90. The van der Waals surface area contributed by atoms with Crippen molar-refractivity contribution in [3.8, 4) is 0 Å². The van der Waals surface area contributed by atoms with Crippen molar-refractivity contribution in [2.24, 2.45) is 10.7 Å². The van der Waals surface area contributed by atoms with E-state index in [1.54, 1.807) is 19.3 Å². The summed E-state index contributed by atoms with van der Waals surface area (Å²) < 4.78 is 0. The molecule has 50 valence electrons. The zero-order valence-electron chi connectivity index (χ0n) is 5.46. The maximum Gasteiger partial charge on any atom is 0.115 e. The first-order chi connectivity index (χ1) is 4.31. The minimum absolute atomic E-state index is 0.535. The van der Waals surface area contributed by atoms with Gasteiger partial charge in [0.05, 0.1) is 6.20 Å². The van der Waals surface area contributed by atoms with E-state index >= 15 is 0 Å². The maximum absolute atomic E-state index is 5.32. The molecule has 0 aromatic rings. The van der Waals surface area contributed by atoms with Crippen LogP contribution in [0.5, 0.6) is 0 Å². The molecule has 0 aliphatic heterocycles. The number of hydrogen-bond donors (Lipinski definition) is 2. The number of hydrogen-bond acceptors (Lipinski definition) is 3. The molecule has 0 radical (unpaired) electrons. The average molecular weight is 125 g/mol. The van der Waals surface area contributed by atoms with Crippen molar-refractivity contribution in [3.05, 3.63) is 24.7 Å². The Morgan fingerprint density at radius 2 is 2.44 bits per heavy atom. The first-order valence-electron chi connectivity index (χ1n) is 2.59. The lowest BCUT2D eigenvalue weighted by molar-refractivity contribution is 0.957. The second-order valence-corrected chi connectivity index (χ2v) is 1.37. The highest BCUT2D eigenvalue weighted by atomic mass is 15.0. The summed E-state index contributed by atoms with van der Waals surface area (Å²) in [6.45, 7) is 3.44. The summed E-state index contributed by atoms with van der Waals surface area (Å²) in [5.41, 5.74) is 5.32. The molecule has 0 saturated heterocycles. The Morgan fingerprint density at radius 1 is 1.78 bits per heavy atom. The van der Waals surface area contributed by atoms with Gasteiger partial charge in [-0.05, 0) is 0 Å². The molecular formula is C6H11N3. The Bertz CT molecular complexity index is 135. The van der Waals surface area contributed by atoms with Crippen molar-refractivity contribution in [3.63, 3.8) is 0 Å². The van der Waals surface area contributed by atoms with Crippen LogP contribution in [0, 0.1) is 0 Å². The van der Waals surface area contributed by atoms with Crippen LogP contribution in [0.4, 0.5) is 0 Å². The van der Waals surface area contributed by atoms with Gasteiger partial charge in [0.1, 0.15) is 5.82 Å². The van der Waals surface area contributed by atoms with E-state index in [-0.39, 0.29) is 0 Å². The lowest BCUT2D eigenvalue weighted by atomic mass is 10.7. The molecule has 0 aromatic carbocycles. The number of aliphatic imine (C=N–C) groups is 1. The lowest BCUT2D eigenvalue weighted by Crippen LogP contribution is -2.13. The molecular weight excluding hydrogens is 114 g/mol. The molecule has 3 N–H and O–H groups in total. The molecule has 0 fully saturated rings. The van der Waals surface area contributed by atoms with E-state index in [2.05, 4.69) is 16.9 Å². The Labute approximate surface area is 55.0 Å². The summed E-state index contributed by atoms with van der Waals surface area (Å²) in [5.74, 6) is 0.535. The predicted octanol–water partition coefficient (Wildman–Crippen LogP) is 0.220. The predicted molar refractivity (Wildman–Crippen MR) is 40.0 cm³/mol. The van der Waals surface area contributed by atoms with Gasteiger partial charge in [0.2, 0.25) is 0 Å². The first kappa shape index (κ1) is 7.75. The van der Waals surface area contributed by atoms with Crippen molar-refractivity contribution in [2.75, 3.05) is 7.05 Å². The third-order valence-corrected chi connectivity index (χ3v) is 0.694. The van der Waals surface area contributed by atoms with Gasteiger partial charge in [-0.2, -0.15) is 0 Å². The SMILES string of the molecule is C=CC=N/C=C(/N)NC. The van der Waals surface area contributed by atoms with Crippen molar-refractivity contribution in [2.45, 2.75) is 0 Å². The minimum Gasteiger partial charge on any atom is -0.384 e. The van der Waals surface area contributed by atoms with Crippen LogP contribution >= 0.6 is 0 Å². The standard InChI is InChI=1S/C6H11N3/c1-3-4-9-5-6(7)8-2/h3-5,8H,1,7H2,2H3/b6-5-,9-4?. The average Bonchev–Trinajstić information content (AvgIpc) is 1.89. The molecule has 0 saturated carbocycles. The highest BCUT2D eigenvalue weighted by molar-refractivity contribution is 5.70. The van der Waals surface area contributed by atoms with Crippen LogP contribution in [0.2, 0.25) is 0 Å². The van der Waals surface area contributed by atoms with Gasteiger partial charge in [-0.1, -0.05) is 12.7 Å². The minimum atomic E-state index is 0.535. The van der Waals surface area contributed by atoms with E-state index in [4.69, 9.17) is 5.73 Å². The monoisotopic (exact) mass is 125 g/mol.